The number of carbonyl (C=O) groups is 2. The Balaban J connectivity index is 1.82. The Hall–Kier alpha value is -2.42. The normalized spacial score (nSPS) is 14.8. The number of nitrogens with one attached hydrogen (secondary N) is 1. The van der Waals surface area contributed by atoms with Crippen LogP contribution in [0, 0.1) is 6.92 Å². The van der Waals surface area contributed by atoms with E-state index in [4.69, 9.17) is 16.3 Å². The van der Waals surface area contributed by atoms with Crippen molar-refractivity contribution < 1.29 is 22.7 Å². The molecular weight excluding hydrogens is 440 g/mol. The SMILES string of the molecule is CCOC(=O)c1ccc(NC(=O)c2ccc(C)c(S(=O)(=O)N3CCCCC3)c2)cc1Cl. The molecule has 0 radical (unpaired) electrons. The minimum absolute atomic E-state index is 0.137. The number of benzene rings is 2. The highest BCUT2D eigenvalue weighted by Crippen LogP contribution is 2.26. The van der Waals surface area contributed by atoms with Crippen LogP contribution in [-0.4, -0.2) is 44.3 Å². The Morgan fingerprint density at radius 1 is 1.10 bits per heavy atom. The maximum atomic E-state index is 13.1. The fraction of sp³-hybridized carbons (Fsp3) is 0.364. The first-order chi connectivity index (χ1) is 14.7. The van der Waals surface area contributed by atoms with Gasteiger partial charge in [-0.3, -0.25) is 4.79 Å². The van der Waals surface area contributed by atoms with Crippen LogP contribution in [0.1, 0.15) is 52.5 Å². The molecule has 0 saturated carbocycles. The molecule has 166 valence electrons. The molecule has 1 fully saturated rings. The maximum absolute atomic E-state index is 13.1. The van der Waals surface area contributed by atoms with Gasteiger partial charge in [0.05, 0.1) is 22.1 Å². The number of esters is 1. The number of hydrogen-bond acceptors (Lipinski definition) is 5. The monoisotopic (exact) mass is 464 g/mol. The highest BCUT2D eigenvalue weighted by atomic mass is 35.5. The second-order valence-corrected chi connectivity index (χ2v) is 9.63. The first kappa shape index (κ1) is 23.2. The molecule has 1 saturated heterocycles. The van der Waals surface area contributed by atoms with Crippen LogP contribution in [0.5, 0.6) is 0 Å². The van der Waals surface area contributed by atoms with Gasteiger partial charge in [-0.2, -0.15) is 4.31 Å². The second kappa shape index (κ2) is 9.80. The maximum Gasteiger partial charge on any atom is 0.339 e. The number of sulfonamides is 1. The second-order valence-electron chi connectivity index (χ2n) is 7.31. The van der Waals surface area contributed by atoms with E-state index in [2.05, 4.69) is 5.32 Å². The molecule has 7 nitrogen and oxygen atoms in total. The topological polar surface area (TPSA) is 92.8 Å². The Bertz CT molecular complexity index is 1100. The van der Waals surface area contributed by atoms with Crippen LogP contribution in [0.2, 0.25) is 5.02 Å². The first-order valence-corrected chi connectivity index (χ1v) is 11.9. The number of halogens is 1. The lowest BCUT2D eigenvalue weighted by Crippen LogP contribution is -2.36. The molecule has 0 spiro atoms. The fourth-order valence-electron chi connectivity index (χ4n) is 3.43. The summed E-state index contributed by atoms with van der Waals surface area (Å²) in [6.45, 7) is 4.62. The van der Waals surface area contributed by atoms with Gasteiger partial charge in [-0.05, 0) is 62.6 Å². The summed E-state index contributed by atoms with van der Waals surface area (Å²) in [6.07, 6.45) is 2.69. The van der Waals surface area contributed by atoms with Gasteiger partial charge in [-0.25, -0.2) is 13.2 Å². The molecule has 1 N–H and O–H groups in total. The zero-order valence-corrected chi connectivity index (χ0v) is 19.1. The van der Waals surface area contributed by atoms with Gasteiger partial charge in [0.1, 0.15) is 0 Å². The zero-order chi connectivity index (χ0) is 22.6. The van der Waals surface area contributed by atoms with Crippen LogP contribution in [0.25, 0.3) is 0 Å². The van der Waals surface area contributed by atoms with Crippen LogP contribution < -0.4 is 5.32 Å². The summed E-state index contributed by atoms with van der Waals surface area (Å²) in [6, 6.07) is 9.07. The van der Waals surface area contributed by atoms with Gasteiger partial charge in [0, 0.05) is 24.3 Å². The number of piperidine rings is 1. The van der Waals surface area contributed by atoms with E-state index in [9.17, 15) is 18.0 Å². The third kappa shape index (κ3) is 5.26. The van der Waals surface area contributed by atoms with E-state index in [1.807, 2.05) is 0 Å². The third-order valence-electron chi connectivity index (χ3n) is 5.11. The standard InChI is InChI=1S/C22H25ClN2O5S/c1-3-30-22(27)18-10-9-17(14-19(18)23)24-21(26)16-8-7-15(2)20(13-16)31(28,29)25-11-5-4-6-12-25/h7-10,13-14H,3-6,11-12H2,1-2H3,(H,24,26). The van der Waals surface area contributed by atoms with Crippen molar-refractivity contribution in [2.24, 2.45) is 0 Å². The Morgan fingerprint density at radius 2 is 1.81 bits per heavy atom. The summed E-state index contributed by atoms with van der Waals surface area (Å²) in [4.78, 5) is 24.8. The molecule has 2 aromatic carbocycles. The van der Waals surface area contributed by atoms with E-state index in [1.54, 1.807) is 26.0 Å². The van der Waals surface area contributed by atoms with Crippen molar-refractivity contribution in [1.29, 1.82) is 0 Å². The molecular formula is C22H25ClN2O5S. The molecule has 9 heteroatoms. The van der Waals surface area contributed by atoms with E-state index in [-0.39, 0.29) is 27.7 Å². The van der Waals surface area contributed by atoms with E-state index in [0.29, 0.717) is 24.3 Å². The van der Waals surface area contributed by atoms with E-state index in [0.717, 1.165) is 19.3 Å². The van der Waals surface area contributed by atoms with Gasteiger partial charge in [0.2, 0.25) is 10.0 Å². The number of ether oxygens (including phenoxy) is 1. The van der Waals surface area contributed by atoms with Crippen LogP contribution in [0.15, 0.2) is 41.3 Å². The molecule has 0 aliphatic carbocycles. The van der Waals surface area contributed by atoms with Gasteiger partial charge in [0.15, 0.2) is 0 Å². The van der Waals surface area contributed by atoms with E-state index < -0.39 is 21.9 Å². The highest BCUT2D eigenvalue weighted by molar-refractivity contribution is 7.89. The number of hydrogen-bond donors (Lipinski definition) is 1. The number of rotatable bonds is 6. The number of amides is 1. The molecule has 1 aliphatic rings. The van der Waals surface area contributed by atoms with Gasteiger partial charge in [-0.1, -0.05) is 24.1 Å². The number of nitrogens with zero attached hydrogens (tertiary/aromatic N) is 1. The van der Waals surface area contributed by atoms with Crippen molar-refractivity contribution >= 4 is 39.2 Å². The molecule has 0 atom stereocenters. The fourth-order valence-corrected chi connectivity index (χ4v) is 5.46. The minimum Gasteiger partial charge on any atom is -0.462 e. The van der Waals surface area contributed by atoms with Crippen LogP contribution in [0.4, 0.5) is 5.69 Å². The lowest BCUT2D eigenvalue weighted by molar-refractivity contribution is 0.0526. The minimum atomic E-state index is -3.67. The summed E-state index contributed by atoms with van der Waals surface area (Å²) in [5.41, 5.74) is 1.38. The number of aryl methyl sites for hydroxylation is 1. The lowest BCUT2D eigenvalue weighted by atomic mass is 10.1. The van der Waals surface area contributed by atoms with Crippen molar-refractivity contribution in [3.63, 3.8) is 0 Å². The average Bonchev–Trinajstić information content (AvgIpc) is 2.74. The average molecular weight is 465 g/mol. The molecule has 1 aliphatic heterocycles. The van der Waals surface area contributed by atoms with Crippen LogP contribution >= 0.6 is 11.6 Å². The van der Waals surface area contributed by atoms with Crippen molar-refractivity contribution in [1.82, 2.24) is 4.31 Å². The molecule has 2 aromatic rings. The number of carbonyl (C=O) groups excluding carboxylic acids is 2. The Labute approximate surface area is 187 Å². The van der Waals surface area contributed by atoms with E-state index in [1.165, 1.54) is 28.6 Å². The van der Waals surface area contributed by atoms with Gasteiger partial charge >= 0.3 is 5.97 Å². The lowest BCUT2D eigenvalue weighted by Gasteiger charge is -2.26. The van der Waals surface area contributed by atoms with Gasteiger partial charge < -0.3 is 10.1 Å². The van der Waals surface area contributed by atoms with Crippen molar-refractivity contribution in [2.75, 3.05) is 25.0 Å². The van der Waals surface area contributed by atoms with Crippen molar-refractivity contribution in [3.05, 3.63) is 58.1 Å². The van der Waals surface area contributed by atoms with Crippen LogP contribution in [0.3, 0.4) is 0 Å². The Morgan fingerprint density at radius 3 is 2.45 bits per heavy atom. The quantitative estimate of drug-likeness (QED) is 0.645. The molecule has 3 rings (SSSR count). The summed E-state index contributed by atoms with van der Waals surface area (Å²) in [5, 5.41) is 2.84. The molecule has 0 bridgehead atoms. The first-order valence-electron chi connectivity index (χ1n) is 10.1. The van der Waals surface area contributed by atoms with Crippen molar-refractivity contribution in [2.45, 2.75) is 38.0 Å². The zero-order valence-electron chi connectivity index (χ0n) is 17.5. The van der Waals surface area contributed by atoms with E-state index >= 15 is 0 Å². The van der Waals surface area contributed by atoms with Crippen molar-refractivity contribution in [3.8, 4) is 0 Å². The molecule has 0 aromatic heterocycles. The smallest absolute Gasteiger partial charge is 0.339 e. The highest BCUT2D eigenvalue weighted by Gasteiger charge is 2.28. The predicted octanol–water partition coefficient (Wildman–Crippen LogP) is 4.25. The Kier molecular flexibility index (Phi) is 7.35. The number of anilines is 1. The predicted molar refractivity (Wildman–Crippen MR) is 119 cm³/mol. The molecule has 0 unspecified atom stereocenters. The summed E-state index contributed by atoms with van der Waals surface area (Å²) >= 11 is 6.14. The summed E-state index contributed by atoms with van der Waals surface area (Å²) in [7, 11) is -3.67. The molecule has 31 heavy (non-hydrogen) atoms. The molecule has 1 amide bonds. The van der Waals surface area contributed by atoms with Crippen LogP contribution in [-0.2, 0) is 14.8 Å². The molecule has 1 heterocycles. The summed E-state index contributed by atoms with van der Waals surface area (Å²) in [5.74, 6) is -1.02. The summed E-state index contributed by atoms with van der Waals surface area (Å²) < 4.78 is 32.6. The third-order valence-corrected chi connectivity index (χ3v) is 7.46. The van der Waals surface area contributed by atoms with Gasteiger partial charge in [0.25, 0.3) is 5.91 Å². The van der Waals surface area contributed by atoms with Gasteiger partial charge in [-0.15, -0.1) is 0 Å². The largest absolute Gasteiger partial charge is 0.462 e.